The van der Waals surface area contributed by atoms with E-state index in [0.29, 0.717) is 42.7 Å². The van der Waals surface area contributed by atoms with Gasteiger partial charge in [0.1, 0.15) is 11.5 Å². The van der Waals surface area contributed by atoms with Gasteiger partial charge in [-0.25, -0.2) is 14.6 Å². The van der Waals surface area contributed by atoms with E-state index >= 15 is 0 Å². The van der Waals surface area contributed by atoms with E-state index in [1.165, 1.54) is 28.0 Å². The van der Waals surface area contributed by atoms with E-state index in [4.69, 9.17) is 32.4 Å². The quantitative estimate of drug-likeness (QED) is 0.318. The summed E-state index contributed by atoms with van der Waals surface area (Å²) in [6.07, 6.45) is 1.60. The number of halogens is 2. The van der Waals surface area contributed by atoms with E-state index in [9.17, 15) is 19.5 Å². The zero-order chi connectivity index (χ0) is 27.8. The number of rotatable bonds is 6. The number of carboxylic acids is 1. The summed E-state index contributed by atoms with van der Waals surface area (Å²) < 4.78 is 13.1. The molecule has 0 bridgehead atoms. The van der Waals surface area contributed by atoms with Gasteiger partial charge >= 0.3 is 11.9 Å². The first kappa shape index (κ1) is 26.7. The molecule has 0 saturated heterocycles. The number of benzene rings is 2. The Morgan fingerprint density at radius 2 is 1.90 bits per heavy atom. The minimum absolute atomic E-state index is 0.0129. The van der Waals surface area contributed by atoms with Gasteiger partial charge < -0.3 is 14.3 Å². The molecule has 4 aromatic rings. The van der Waals surface area contributed by atoms with Crippen molar-refractivity contribution < 1.29 is 23.8 Å². The van der Waals surface area contributed by atoms with Crippen molar-refractivity contribution >= 4 is 52.6 Å². The normalized spacial score (nSPS) is 15.2. The average Bonchev–Trinajstić information content (AvgIpc) is 3.48. The molecule has 3 heterocycles. The molecule has 0 radical (unpaired) electrons. The fourth-order valence-corrected chi connectivity index (χ4v) is 5.72. The summed E-state index contributed by atoms with van der Waals surface area (Å²) in [4.78, 5) is 42.9. The van der Waals surface area contributed by atoms with Crippen molar-refractivity contribution in [2.75, 3.05) is 6.61 Å². The van der Waals surface area contributed by atoms with Gasteiger partial charge in [-0.2, -0.15) is 0 Å². The lowest BCUT2D eigenvalue weighted by atomic mass is 9.96. The molecule has 0 unspecified atom stereocenters. The van der Waals surface area contributed by atoms with Crippen LogP contribution in [0.1, 0.15) is 41.6 Å². The molecule has 39 heavy (non-hydrogen) atoms. The van der Waals surface area contributed by atoms with E-state index in [1.54, 1.807) is 62.4 Å². The van der Waals surface area contributed by atoms with Crippen LogP contribution in [-0.2, 0) is 9.53 Å². The van der Waals surface area contributed by atoms with Crippen LogP contribution >= 0.6 is 34.5 Å². The van der Waals surface area contributed by atoms with Crippen molar-refractivity contribution in [2.24, 2.45) is 4.99 Å². The smallest absolute Gasteiger partial charge is 0.338 e. The highest BCUT2D eigenvalue weighted by Crippen LogP contribution is 2.31. The Kier molecular flexibility index (Phi) is 7.31. The molecule has 0 saturated carbocycles. The minimum atomic E-state index is -1.12. The number of allylic oxidation sites excluding steroid dienone is 1. The summed E-state index contributed by atoms with van der Waals surface area (Å²) in [5.74, 6) is -0.818. The zero-order valence-electron chi connectivity index (χ0n) is 20.6. The largest absolute Gasteiger partial charge is 0.478 e. The second kappa shape index (κ2) is 10.7. The van der Waals surface area contributed by atoms with Crippen molar-refractivity contribution in [3.63, 3.8) is 0 Å². The first-order chi connectivity index (χ1) is 18.7. The maximum absolute atomic E-state index is 13.7. The Morgan fingerprint density at radius 1 is 1.15 bits per heavy atom. The number of carbonyl (C=O) groups is 2. The van der Waals surface area contributed by atoms with Crippen LogP contribution in [0.3, 0.4) is 0 Å². The first-order valence-electron chi connectivity index (χ1n) is 11.8. The molecule has 1 aliphatic heterocycles. The van der Waals surface area contributed by atoms with E-state index in [0.717, 1.165) is 0 Å². The van der Waals surface area contributed by atoms with E-state index in [-0.39, 0.29) is 28.3 Å². The highest BCUT2D eigenvalue weighted by Gasteiger charge is 2.33. The predicted molar refractivity (Wildman–Crippen MR) is 148 cm³/mol. The third-order valence-electron chi connectivity index (χ3n) is 6.09. The van der Waals surface area contributed by atoms with Crippen LogP contribution in [-0.4, -0.2) is 28.2 Å². The number of aromatic nitrogens is 1. The number of ether oxygens (including phenoxy) is 1. The van der Waals surface area contributed by atoms with Crippen LogP contribution in [0.25, 0.3) is 17.4 Å². The lowest BCUT2D eigenvalue weighted by molar-refractivity contribution is -0.139. The first-order valence-corrected chi connectivity index (χ1v) is 13.3. The summed E-state index contributed by atoms with van der Waals surface area (Å²) in [5, 5.41) is 9.81. The molecule has 5 rings (SSSR count). The Morgan fingerprint density at radius 3 is 2.56 bits per heavy atom. The maximum atomic E-state index is 13.7. The molecule has 8 nitrogen and oxygen atoms in total. The molecule has 11 heteroatoms. The van der Waals surface area contributed by atoms with Crippen LogP contribution in [0.15, 0.2) is 80.1 Å². The Bertz CT molecular complexity index is 1830. The van der Waals surface area contributed by atoms with Crippen molar-refractivity contribution in [1.29, 1.82) is 0 Å². The molecule has 1 N–H and O–H groups in total. The van der Waals surface area contributed by atoms with Crippen LogP contribution in [0, 0.1) is 0 Å². The summed E-state index contributed by atoms with van der Waals surface area (Å²) in [6.45, 7) is 3.61. The Balaban J connectivity index is 1.60. The number of carboxylic acid groups (broad SMARTS) is 1. The standard InChI is InChI=1S/C28H20Cl2N2O6S/c1-3-37-27(36)23-14(2)31-28-32(24(23)15-4-7-17(29)8-5-15)25(33)22(39-28)13-18-9-11-21(38-18)16-6-10-19(26(34)35)20(30)12-16/h4-13,24H,3H2,1-2H3,(H,34,35)/b22-13-/t24-/m0/s1. The summed E-state index contributed by atoms with van der Waals surface area (Å²) in [5.41, 5.74) is 1.65. The molecule has 1 aliphatic rings. The van der Waals surface area contributed by atoms with Crippen molar-refractivity contribution in [3.05, 3.63) is 112 Å². The summed E-state index contributed by atoms with van der Waals surface area (Å²) in [6, 6.07) is 14.1. The minimum Gasteiger partial charge on any atom is -0.478 e. The number of hydrogen-bond donors (Lipinski definition) is 1. The van der Waals surface area contributed by atoms with Crippen molar-refractivity contribution in [1.82, 2.24) is 4.57 Å². The Hall–Kier alpha value is -3.92. The van der Waals surface area contributed by atoms with Gasteiger partial charge in [-0.15, -0.1) is 0 Å². The number of aromatic carboxylic acids is 1. The lowest BCUT2D eigenvalue weighted by Crippen LogP contribution is -2.39. The zero-order valence-corrected chi connectivity index (χ0v) is 22.9. The van der Waals surface area contributed by atoms with Crippen LogP contribution in [0.5, 0.6) is 0 Å². The van der Waals surface area contributed by atoms with Crippen molar-refractivity contribution in [2.45, 2.75) is 19.9 Å². The average molecular weight is 583 g/mol. The maximum Gasteiger partial charge on any atom is 0.338 e. The molecule has 1 atom stereocenters. The van der Waals surface area contributed by atoms with Gasteiger partial charge in [0.05, 0.1) is 39.0 Å². The van der Waals surface area contributed by atoms with Gasteiger partial charge in [0.2, 0.25) is 0 Å². The van der Waals surface area contributed by atoms with Crippen LogP contribution in [0.4, 0.5) is 0 Å². The number of esters is 1. The lowest BCUT2D eigenvalue weighted by Gasteiger charge is -2.24. The summed E-state index contributed by atoms with van der Waals surface area (Å²) in [7, 11) is 0. The molecule has 0 spiro atoms. The highest BCUT2D eigenvalue weighted by molar-refractivity contribution is 7.07. The molecular weight excluding hydrogens is 563 g/mol. The number of hydrogen-bond acceptors (Lipinski definition) is 7. The third kappa shape index (κ3) is 5.08. The monoisotopic (exact) mass is 582 g/mol. The van der Waals surface area contributed by atoms with Gasteiger partial charge in [0.15, 0.2) is 4.80 Å². The third-order valence-corrected chi connectivity index (χ3v) is 7.63. The van der Waals surface area contributed by atoms with Gasteiger partial charge in [0.25, 0.3) is 5.56 Å². The van der Waals surface area contributed by atoms with Gasteiger partial charge in [-0.1, -0.05) is 52.7 Å². The fourth-order valence-electron chi connectivity index (χ4n) is 4.31. The van der Waals surface area contributed by atoms with Gasteiger partial charge in [-0.05, 0) is 55.8 Å². The van der Waals surface area contributed by atoms with Gasteiger partial charge in [-0.3, -0.25) is 9.36 Å². The van der Waals surface area contributed by atoms with Crippen LogP contribution < -0.4 is 14.9 Å². The Labute approximate surface area is 235 Å². The summed E-state index contributed by atoms with van der Waals surface area (Å²) >= 11 is 13.4. The molecular formula is C28H20Cl2N2O6S. The number of nitrogens with zero attached hydrogens (tertiary/aromatic N) is 2. The SMILES string of the molecule is CCOC(=O)C1=C(C)N=c2s/c(=C\c3ccc(-c4ccc(C(=O)O)c(Cl)c4)o3)c(=O)n2[C@H]1c1ccc(Cl)cc1. The number of thiazole rings is 1. The van der Waals surface area contributed by atoms with Crippen LogP contribution in [0.2, 0.25) is 10.0 Å². The number of fused-ring (bicyclic) bond motifs is 1. The molecule has 2 aromatic heterocycles. The second-order valence-corrected chi connectivity index (χ2v) is 10.4. The second-order valence-electron chi connectivity index (χ2n) is 8.56. The van der Waals surface area contributed by atoms with Gasteiger partial charge in [0, 0.05) is 16.7 Å². The molecule has 0 amide bonds. The molecule has 0 aliphatic carbocycles. The topological polar surface area (TPSA) is 111 Å². The van der Waals surface area contributed by atoms with E-state index < -0.39 is 18.0 Å². The number of furan rings is 1. The van der Waals surface area contributed by atoms with Crippen molar-refractivity contribution in [3.8, 4) is 11.3 Å². The molecule has 2 aromatic carbocycles. The highest BCUT2D eigenvalue weighted by atomic mass is 35.5. The van der Waals surface area contributed by atoms with E-state index in [1.807, 2.05) is 0 Å². The molecule has 198 valence electrons. The fraction of sp³-hybridized carbons (Fsp3) is 0.143. The predicted octanol–water partition coefficient (Wildman–Crippen LogP) is 5.06. The van der Waals surface area contributed by atoms with E-state index in [2.05, 4.69) is 4.99 Å². The molecule has 0 fully saturated rings. The number of carbonyl (C=O) groups excluding carboxylic acids is 1.